The van der Waals surface area contributed by atoms with Gasteiger partial charge in [0.2, 0.25) is 0 Å². The maximum atomic E-state index is 14.3. The van der Waals surface area contributed by atoms with Crippen LogP contribution in [-0.2, 0) is 19.9 Å². The molecule has 2 amide bonds. The third-order valence-electron chi connectivity index (χ3n) is 6.91. The first kappa shape index (κ1) is 26.9. The van der Waals surface area contributed by atoms with Crippen molar-refractivity contribution in [1.29, 1.82) is 0 Å². The number of ether oxygens (including phenoxy) is 1. The zero-order valence-electron chi connectivity index (χ0n) is 22.1. The molecule has 0 aromatic heterocycles. The minimum atomic E-state index is -1.78. The zero-order valence-corrected chi connectivity index (χ0v) is 22.1. The molecule has 1 N–H and O–H groups in total. The van der Waals surface area contributed by atoms with Crippen LogP contribution in [0.25, 0.3) is 5.76 Å². The number of rotatable bonds is 10. The smallest absolute Gasteiger partial charge is 0.296 e. The van der Waals surface area contributed by atoms with Crippen LogP contribution < -0.4 is 9.64 Å². The van der Waals surface area contributed by atoms with Crippen LogP contribution in [0.2, 0.25) is 0 Å². The van der Waals surface area contributed by atoms with E-state index in [2.05, 4.69) is 13.2 Å². The van der Waals surface area contributed by atoms with Gasteiger partial charge >= 0.3 is 0 Å². The van der Waals surface area contributed by atoms with Crippen molar-refractivity contribution in [3.05, 3.63) is 90.0 Å². The molecule has 1 fully saturated rings. The van der Waals surface area contributed by atoms with E-state index in [-0.39, 0.29) is 18.7 Å². The van der Waals surface area contributed by atoms with Crippen LogP contribution in [0.3, 0.4) is 0 Å². The number of anilines is 1. The highest BCUT2D eigenvalue weighted by Gasteiger charge is 2.66. The molecule has 198 valence electrons. The summed E-state index contributed by atoms with van der Waals surface area (Å²) in [6, 6.07) is 12.1. The van der Waals surface area contributed by atoms with Gasteiger partial charge in [-0.15, -0.1) is 6.58 Å². The Hall–Kier alpha value is -4.17. The molecular formula is C30H33N3O5. The molecular weight excluding hydrogens is 482 g/mol. The molecule has 2 heterocycles. The molecule has 0 bridgehead atoms. The first-order valence-electron chi connectivity index (χ1n) is 12.5. The molecule has 2 aliphatic rings. The molecule has 0 saturated carbocycles. The molecule has 2 aliphatic heterocycles. The second kappa shape index (κ2) is 10.7. The topological polar surface area (TPSA) is 90.4 Å². The molecule has 0 aliphatic carbocycles. The Balaban J connectivity index is 1.96. The molecule has 1 unspecified atom stereocenters. The second-order valence-electron chi connectivity index (χ2n) is 9.68. The van der Waals surface area contributed by atoms with E-state index in [0.29, 0.717) is 42.1 Å². The van der Waals surface area contributed by atoms with Gasteiger partial charge in [0.15, 0.2) is 5.54 Å². The van der Waals surface area contributed by atoms with E-state index in [4.69, 9.17) is 4.74 Å². The predicted molar refractivity (Wildman–Crippen MR) is 147 cm³/mol. The highest BCUT2D eigenvalue weighted by molar-refractivity contribution is 6.50. The SMILES string of the molecule is C=CCOc1ccc(/C(O)=C2/C(=O)C(=O)N(CCCN(C)C)C23C(=O)N(CC=C)c2ccccc23)cc1C. The molecule has 0 radical (unpaired) electrons. The summed E-state index contributed by atoms with van der Waals surface area (Å²) in [5.74, 6) is -1.97. The van der Waals surface area contributed by atoms with Crippen molar-refractivity contribution in [2.24, 2.45) is 0 Å². The third kappa shape index (κ3) is 4.20. The minimum Gasteiger partial charge on any atom is -0.507 e. The molecule has 1 saturated heterocycles. The largest absolute Gasteiger partial charge is 0.507 e. The van der Waals surface area contributed by atoms with Crippen molar-refractivity contribution >= 4 is 29.0 Å². The number of benzene rings is 2. The van der Waals surface area contributed by atoms with Crippen molar-refractivity contribution in [2.75, 3.05) is 45.2 Å². The van der Waals surface area contributed by atoms with Gasteiger partial charge in [-0.05, 0) is 63.8 Å². The summed E-state index contributed by atoms with van der Waals surface area (Å²) >= 11 is 0. The van der Waals surface area contributed by atoms with Gasteiger partial charge in [-0.1, -0.05) is 36.9 Å². The van der Waals surface area contributed by atoms with Gasteiger partial charge in [0.25, 0.3) is 17.6 Å². The van der Waals surface area contributed by atoms with Crippen molar-refractivity contribution in [2.45, 2.75) is 18.9 Å². The summed E-state index contributed by atoms with van der Waals surface area (Å²) in [6.07, 6.45) is 3.76. The van der Waals surface area contributed by atoms with Crippen LogP contribution in [0.4, 0.5) is 5.69 Å². The van der Waals surface area contributed by atoms with E-state index >= 15 is 0 Å². The molecule has 1 spiro atoms. The van der Waals surface area contributed by atoms with Gasteiger partial charge in [0.1, 0.15) is 18.1 Å². The highest BCUT2D eigenvalue weighted by Crippen LogP contribution is 2.53. The van der Waals surface area contributed by atoms with Crippen molar-refractivity contribution in [3.8, 4) is 5.75 Å². The fraction of sp³-hybridized carbons (Fsp3) is 0.300. The maximum absolute atomic E-state index is 14.3. The number of likely N-dealkylation sites (tertiary alicyclic amines) is 1. The zero-order chi connectivity index (χ0) is 27.6. The number of hydrogen-bond acceptors (Lipinski definition) is 6. The van der Waals surface area contributed by atoms with E-state index in [0.717, 1.165) is 5.56 Å². The summed E-state index contributed by atoms with van der Waals surface area (Å²) in [5, 5.41) is 11.6. The van der Waals surface area contributed by atoms with Crippen LogP contribution in [0.5, 0.6) is 5.75 Å². The van der Waals surface area contributed by atoms with E-state index in [1.165, 1.54) is 9.80 Å². The van der Waals surface area contributed by atoms with Crippen LogP contribution >= 0.6 is 0 Å². The van der Waals surface area contributed by atoms with Gasteiger partial charge < -0.3 is 24.5 Å². The number of carbonyl (C=O) groups is 3. The van der Waals surface area contributed by atoms with Crippen molar-refractivity contribution in [1.82, 2.24) is 9.80 Å². The van der Waals surface area contributed by atoms with E-state index in [1.807, 2.05) is 25.9 Å². The lowest BCUT2D eigenvalue weighted by atomic mass is 9.81. The van der Waals surface area contributed by atoms with Crippen LogP contribution in [0.1, 0.15) is 23.1 Å². The first-order chi connectivity index (χ1) is 18.2. The van der Waals surface area contributed by atoms with Gasteiger partial charge in [0, 0.05) is 24.2 Å². The Labute approximate surface area is 223 Å². The van der Waals surface area contributed by atoms with Crippen LogP contribution in [-0.4, -0.2) is 72.8 Å². The number of ketones is 1. The minimum absolute atomic E-state index is 0.162. The summed E-state index contributed by atoms with van der Waals surface area (Å²) in [4.78, 5) is 46.3. The summed E-state index contributed by atoms with van der Waals surface area (Å²) < 4.78 is 5.64. The van der Waals surface area contributed by atoms with Crippen LogP contribution in [0.15, 0.2) is 73.3 Å². The highest BCUT2D eigenvalue weighted by atomic mass is 16.5. The average Bonchev–Trinajstić information content (AvgIpc) is 3.26. The molecule has 38 heavy (non-hydrogen) atoms. The lowest BCUT2D eigenvalue weighted by Gasteiger charge is -2.34. The lowest BCUT2D eigenvalue weighted by Crippen LogP contribution is -2.52. The normalized spacial score (nSPS) is 19.9. The van der Waals surface area contributed by atoms with Gasteiger partial charge in [-0.2, -0.15) is 0 Å². The second-order valence-corrected chi connectivity index (χ2v) is 9.68. The third-order valence-corrected chi connectivity index (χ3v) is 6.91. The molecule has 2 aromatic rings. The number of para-hydroxylation sites is 1. The Morgan fingerprint density at radius 3 is 2.50 bits per heavy atom. The monoisotopic (exact) mass is 515 g/mol. The molecule has 8 heteroatoms. The standard InChI is InChI=1S/C30H33N3O5/c1-6-15-32-23-12-9-8-11-22(23)30(29(32)37)25(27(35)28(36)33(30)17-10-16-31(4)5)26(34)21-13-14-24(20(3)19-21)38-18-7-2/h6-9,11-14,19,34H,1-2,10,15-18H2,3-5H3/b26-25+. The Morgan fingerprint density at radius 2 is 1.84 bits per heavy atom. The first-order valence-corrected chi connectivity index (χ1v) is 12.5. The Bertz CT molecular complexity index is 1350. The molecule has 8 nitrogen and oxygen atoms in total. The Morgan fingerprint density at radius 1 is 1.11 bits per heavy atom. The fourth-order valence-corrected chi connectivity index (χ4v) is 5.27. The number of Topliss-reactive ketones (excluding diaryl/α,β-unsaturated/α-hetero) is 1. The summed E-state index contributed by atoms with van der Waals surface area (Å²) in [7, 11) is 3.83. The summed E-state index contributed by atoms with van der Waals surface area (Å²) in [5.41, 5.74) is 0.0850. The van der Waals surface area contributed by atoms with Crippen molar-refractivity contribution < 1.29 is 24.2 Å². The number of hydrogen-bond donors (Lipinski definition) is 1. The predicted octanol–water partition coefficient (Wildman–Crippen LogP) is 3.62. The fourth-order valence-electron chi connectivity index (χ4n) is 5.27. The number of amides is 2. The number of aliphatic hydroxyl groups is 1. The van der Waals surface area contributed by atoms with E-state index in [1.54, 1.807) is 54.6 Å². The van der Waals surface area contributed by atoms with Crippen LogP contribution in [0, 0.1) is 6.92 Å². The Kier molecular flexibility index (Phi) is 7.55. The molecule has 1 atom stereocenters. The number of aliphatic hydroxyl groups excluding tert-OH is 1. The van der Waals surface area contributed by atoms with Crippen molar-refractivity contribution in [3.63, 3.8) is 0 Å². The number of nitrogens with zero attached hydrogens (tertiary/aromatic N) is 3. The molecule has 2 aromatic carbocycles. The van der Waals surface area contributed by atoms with E-state index in [9.17, 15) is 19.5 Å². The number of fused-ring (bicyclic) bond motifs is 2. The quantitative estimate of drug-likeness (QED) is 0.225. The lowest BCUT2D eigenvalue weighted by molar-refractivity contribution is -0.143. The number of aryl methyl sites for hydroxylation is 1. The maximum Gasteiger partial charge on any atom is 0.296 e. The summed E-state index contributed by atoms with van der Waals surface area (Å²) in [6.45, 7) is 10.6. The molecule has 4 rings (SSSR count). The van der Waals surface area contributed by atoms with E-state index < -0.39 is 28.9 Å². The number of carbonyl (C=O) groups excluding carboxylic acids is 3. The van der Waals surface area contributed by atoms with Gasteiger partial charge in [-0.25, -0.2) is 0 Å². The van der Waals surface area contributed by atoms with Gasteiger partial charge in [0.05, 0.1) is 11.3 Å². The van der Waals surface area contributed by atoms with Gasteiger partial charge in [-0.3, -0.25) is 14.4 Å². The average molecular weight is 516 g/mol.